The average Bonchev–Trinajstić information content (AvgIpc) is 2.44. The Morgan fingerprint density at radius 2 is 2.00 bits per heavy atom. The molecule has 6 heteroatoms. The minimum Gasteiger partial charge on any atom is -0.304 e. The second-order valence-electron chi connectivity index (χ2n) is 5.76. The summed E-state index contributed by atoms with van der Waals surface area (Å²) in [5.74, 6) is 0.540. The van der Waals surface area contributed by atoms with Crippen molar-refractivity contribution in [2.24, 2.45) is 0 Å². The van der Waals surface area contributed by atoms with E-state index in [0.29, 0.717) is 16.8 Å². The van der Waals surface area contributed by atoms with E-state index in [-0.39, 0.29) is 6.04 Å². The lowest BCUT2D eigenvalue weighted by Crippen LogP contribution is -2.47. The molecule has 0 bridgehead atoms. The van der Waals surface area contributed by atoms with Crippen LogP contribution in [-0.4, -0.2) is 44.9 Å². The van der Waals surface area contributed by atoms with Crippen molar-refractivity contribution in [1.82, 2.24) is 9.62 Å². The van der Waals surface area contributed by atoms with Gasteiger partial charge in [0, 0.05) is 18.0 Å². The van der Waals surface area contributed by atoms with Gasteiger partial charge in [0.15, 0.2) is 0 Å². The van der Waals surface area contributed by atoms with E-state index >= 15 is 0 Å². The van der Waals surface area contributed by atoms with Crippen LogP contribution in [0.4, 0.5) is 0 Å². The Hall–Kier alpha value is -0.620. The lowest BCUT2D eigenvalue weighted by atomic mass is 10.0. The summed E-state index contributed by atoms with van der Waals surface area (Å²) < 4.78 is 27.6. The van der Waals surface area contributed by atoms with Crippen LogP contribution in [0.5, 0.6) is 0 Å². The van der Waals surface area contributed by atoms with E-state index in [0.717, 1.165) is 31.4 Å². The maximum absolute atomic E-state index is 12.4. The van der Waals surface area contributed by atoms with Crippen molar-refractivity contribution < 1.29 is 8.42 Å². The highest BCUT2D eigenvalue weighted by molar-refractivity contribution is 7.89. The fourth-order valence-electron chi connectivity index (χ4n) is 2.63. The summed E-state index contributed by atoms with van der Waals surface area (Å²) in [6.07, 6.45) is 2.45. The third kappa shape index (κ3) is 4.42. The van der Waals surface area contributed by atoms with E-state index in [1.54, 1.807) is 12.1 Å². The molecule has 118 valence electrons. The van der Waals surface area contributed by atoms with Crippen molar-refractivity contribution >= 4 is 21.6 Å². The number of halogens is 1. The summed E-state index contributed by atoms with van der Waals surface area (Å²) >= 11 is 5.69. The van der Waals surface area contributed by atoms with Crippen LogP contribution in [0.25, 0.3) is 0 Å². The molecule has 2 rings (SSSR count). The fourth-order valence-corrected chi connectivity index (χ4v) is 4.13. The zero-order chi connectivity index (χ0) is 15.5. The molecule has 0 aliphatic carbocycles. The van der Waals surface area contributed by atoms with Crippen molar-refractivity contribution in [1.29, 1.82) is 0 Å². The summed E-state index contributed by atoms with van der Waals surface area (Å²) in [5, 5.41) is 0. The standard InChI is InChI=1S/C15H23ClN2O2S/c1-12-11-14(8-10-18(12)2)17-21(19,20)15-5-3-13(4-6-15)7-9-16/h3-6,12,14,17H,7-11H2,1-2H3. The van der Waals surface area contributed by atoms with E-state index in [1.807, 2.05) is 12.1 Å². The predicted molar refractivity (Wildman–Crippen MR) is 86.3 cm³/mol. The Morgan fingerprint density at radius 3 is 2.57 bits per heavy atom. The van der Waals surface area contributed by atoms with Gasteiger partial charge in [0.25, 0.3) is 0 Å². The van der Waals surface area contributed by atoms with E-state index < -0.39 is 10.0 Å². The maximum atomic E-state index is 12.4. The maximum Gasteiger partial charge on any atom is 0.240 e. The number of hydrogen-bond donors (Lipinski definition) is 1. The van der Waals surface area contributed by atoms with Gasteiger partial charge in [-0.1, -0.05) is 12.1 Å². The smallest absolute Gasteiger partial charge is 0.240 e. The summed E-state index contributed by atoms with van der Waals surface area (Å²) in [7, 11) is -1.36. The number of likely N-dealkylation sites (tertiary alicyclic amines) is 1. The number of hydrogen-bond acceptors (Lipinski definition) is 3. The average molecular weight is 331 g/mol. The summed E-state index contributed by atoms with van der Waals surface area (Å²) in [6, 6.07) is 7.38. The van der Waals surface area contributed by atoms with Crippen LogP contribution < -0.4 is 4.72 Å². The number of benzene rings is 1. The summed E-state index contributed by atoms with van der Waals surface area (Å²) in [4.78, 5) is 2.58. The molecular formula is C15H23ClN2O2S. The first-order valence-corrected chi connectivity index (χ1v) is 9.31. The van der Waals surface area contributed by atoms with Gasteiger partial charge < -0.3 is 4.90 Å². The normalized spacial score (nSPS) is 24.1. The number of alkyl halides is 1. The molecule has 1 heterocycles. The van der Waals surface area contributed by atoms with Crippen molar-refractivity contribution in [2.45, 2.75) is 43.2 Å². The molecule has 1 fully saturated rings. The van der Waals surface area contributed by atoms with Gasteiger partial charge >= 0.3 is 0 Å². The van der Waals surface area contributed by atoms with E-state index in [4.69, 9.17) is 11.6 Å². The highest BCUT2D eigenvalue weighted by Crippen LogP contribution is 2.18. The molecule has 2 unspecified atom stereocenters. The number of piperidine rings is 1. The summed E-state index contributed by atoms with van der Waals surface area (Å²) in [5.41, 5.74) is 1.05. The molecule has 1 saturated heterocycles. The zero-order valence-electron chi connectivity index (χ0n) is 12.5. The Bertz CT molecular complexity index is 560. The lowest BCUT2D eigenvalue weighted by Gasteiger charge is -2.35. The number of rotatable bonds is 5. The Morgan fingerprint density at radius 1 is 1.33 bits per heavy atom. The molecule has 0 saturated carbocycles. The lowest BCUT2D eigenvalue weighted by molar-refractivity contribution is 0.178. The highest BCUT2D eigenvalue weighted by Gasteiger charge is 2.26. The molecule has 1 aliphatic rings. The molecule has 1 aliphatic heterocycles. The first-order valence-electron chi connectivity index (χ1n) is 7.30. The molecule has 1 aromatic carbocycles. The first kappa shape index (κ1) is 16.7. The van der Waals surface area contributed by atoms with Crippen molar-refractivity contribution in [3.8, 4) is 0 Å². The highest BCUT2D eigenvalue weighted by atomic mass is 35.5. The second kappa shape index (κ2) is 7.09. The predicted octanol–water partition coefficient (Wildman–Crippen LogP) is 2.23. The molecule has 0 amide bonds. The van der Waals surface area contributed by atoms with Gasteiger partial charge in [-0.2, -0.15) is 0 Å². The Kier molecular flexibility index (Phi) is 5.66. The van der Waals surface area contributed by atoms with Gasteiger partial charge in [0.2, 0.25) is 10.0 Å². The van der Waals surface area contributed by atoms with Crippen LogP contribution >= 0.6 is 11.6 Å². The van der Waals surface area contributed by atoms with Crippen molar-refractivity contribution in [2.75, 3.05) is 19.5 Å². The number of nitrogens with one attached hydrogen (secondary N) is 1. The monoisotopic (exact) mass is 330 g/mol. The molecule has 2 atom stereocenters. The van der Waals surface area contributed by atoms with E-state index in [1.165, 1.54) is 0 Å². The molecule has 0 spiro atoms. The minimum atomic E-state index is -3.43. The van der Waals surface area contributed by atoms with Crippen LogP contribution in [0.15, 0.2) is 29.2 Å². The third-order valence-corrected chi connectivity index (χ3v) is 5.87. The van der Waals surface area contributed by atoms with Gasteiger partial charge in [-0.3, -0.25) is 0 Å². The molecule has 21 heavy (non-hydrogen) atoms. The molecule has 0 radical (unpaired) electrons. The Labute approximate surface area is 132 Å². The number of nitrogens with zero attached hydrogens (tertiary/aromatic N) is 1. The van der Waals surface area contributed by atoms with Crippen molar-refractivity contribution in [3.63, 3.8) is 0 Å². The molecule has 1 aromatic rings. The van der Waals surface area contributed by atoms with Crippen LogP contribution in [0.2, 0.25) is 0 Å². The quantitative estimate of drug-likeness (QED) is 0.842. The van der Waals surface area contributed by atoms with Crippen LogP contribution in [-0.2, 0) is 16.4 Å². The van der Waals surface area contributed by atoms with E-state index in [9.17, 15) is 8.42 Å². The van der Waals surface area contributed by atoms with Crippen LogP contribution in [0.3, 0.4) is 0 Å². The molecule has 4 nitrogen and oxygen atoms in total. The Balaban J connectivity index is 2.04. The zero-order valence-corrected chi connectivity index (χ0v) is 14.1. The van der Waals surface area contributed by atoms with Gasteiger partial charge in [0.1, 0.15) is 0 Å². The second-order valence-corrected chi connectivity index (χ2v) is 7.85. The number of sulfonamides is 1. The first-order chi connectivity index (χ1) is 9.92. The van der Waals surface area contributed by atoms with Gasteiger partial charge in [-0.15, -0.1) is 11.6 Å². The van der Waals surface area contributed by atoms with Gasteiger partial charge in [-0.05, 0) is 57.5 Å². The fraction of sp³-hybridized carbons (Fsp3) is 0.600. The molecule has 1 N–H and O–H groups in total. The van der Waals surface area contributed by atoms with Crippen molar-refractivity contribution in [3.05, 3.63) is 29.8 Å². The van der Waals surface area contributed by atoms with E-state index in [2.05, 4.69) is 23.6 Å². The summed E-state index contributed by atoms with van der Waals surface area (Å²) in [6.45, 7) is 3.05. The van der Waals surface area contributed by atoms with Gasteiger partial charge in [0.05, 0.1) is 4.90 Å². The van der Waals surface area contributed by atoms with Crippen LogP contribution in [0.1, 0.15) is 25.3 Å². The number of aryl methyl sites for hydroxylation is 1. The van der Waals surface area contributed by atoms with Crippen LogP contribution in [0, 0.1) is 0 Å². The van der Waals surface area contributed by atoms with Gasteiger partial charge in [-0.25, -0.2) is 13.1 Å². The molecular weight excluding hydrogens is 308 g/mol. The third-order valence-electron chi connectivity index (χ3n) is 4.15. The SMILES string of the molecule is CC1CC(NS(=O)(=O)c2ccc(CCCl)cc2)CCN1C. The largest absolute Gasteiger partial charge is 0.304 e. The topological polar surface area (TPSA) is 49.4 Å². The molecule has 0 aromatic heterocycles. The minimum absolute atomic E-state index is 0.0173.